The predicted octanol–water partition coefficient (Wildman–Crippen LogP) is 1.26. The maximum atomic E-state index is 13.8. The molecule has 1 aliphatic heterocycles. The van der Waals surface area contributed by atoms with Crippen molar-refractivity contribution < 1.29 is 13.9 Å². The molecule has 7 heteroatoms. The zero-order valence-corrected chi connectivity index (χ0v) is 14.4. The van der Waals surface area contributed by atoms with Gasteiger partial charge in [-0.1, -0.05) is 0 Å². The Labute approximate surface area is 142 Å². The Morgan fingerprint density at radius 3 is 2.92 bits per heavy atom. The Morgan fingerprint density at radius 1 is 1.46 bits per heavy atom. The minimum Gasteiger partial charge on any atom is -0.378 e. The molecule has 0 bridgehead atoms. The highest BCUT2D eigenvalue weighted by molar-refractivity contribution is 5.79. The topological polar surface area (TPSA) is 59.4 Å². The first-order valence-electron chi connectivity index (χ1n) is 8.80. The molecule has 0 unspecified atom stereocenters. The highest BCUT2D eigenvalue weighted by atomic mass is 19.1. The summed E-state index contributed by atoms with van der Waals surface area (Å²) in [7, 11) is 1.87. The minimum atomic E-state index is -0.824. The van der Waals surface area contributed by atoms with Crippen LogP contribution < -0.4 is 5.32 Å². The van der Waals surface area contributed by atoms with Crippen LogP contribution in [-0.4, -0.2) is 58.6 Å². The molecular formula is C17H27FN4O2. The number of aryl methyl sites for hydroxylation is 1. The zero-order chi connectivity index (χ0) is 17.1. The number of amides is 1. The van der Waals surface area contributed by atoms with Crippen LogP contribution >= 0.6 is 0 Å². The number of nitrogens with one attached hydrogen (secondary N) is 1. The van der Waals surface area contributed by atoms with Gasteiger partial charge in [0.15, 0.2) is 0 Å². The minimum absolute atomic E-state index is 0.0481. The number of ether oxygens (including phenoxy) is 1. The van der Waals surface area contributed by atoms with Gasteiger partial charge in [-0.05, 0) is 26.2 Å². The Hall–Kier alpha value is -1.47. The average Bonchev–Trinajstić information content (AvgIpc) is 3.06. The number of halogens is 1. The van der Waals surface area contributed by atoms with Crippen LogP contribution in [-0.2, 0) is 23.1 Å². The molecule has 2 fully saturated rings. The molecule has 1 aromatic heterocycles. The van der Waals surface area contributed by atoms with E-state index in [2.05, 4.69) is 15.3 Å². The van der Waals surface area contributed by atoms with Crippen molar-refractivity contribution in [2.45, 2.75) is 51.0 Å². The van der Waals surface area contributed by atoms with Crippen molar-refractivity contribution in [3.63, 3.8) is 0 Å². The molecule has 1 N–H and O–H groups in total. The van der Waals surface area contributed by atoms with Gasteiger partial charge in [0.1, 0.15) is 6.17 Å². The summed E-state index contributed by atoms with van der Waals surface area (Å²) in [5, 5.41) is 7.16. The number of hydrogen-bond donors (Lipinski definition) is 1. The lowest BCUT2D eigenvalue weighted by Gasteiger charge is -2.34. The van der Waals surface area contributed by atoms with Gasteiger partial charge in [0.2, 0.25) is 5.91 Å². The Kier molecular flexibility index (Phi) is 5.50. The van der Waals surface area contributed by atoms with Crippen molar-refractivity contribution in [1.82, 2.24) is 20.0 Å². The fourth-order valence-corrected chi connectivity index (χ4v) is 3.63. The van der Waals surface area contributed by atoms with E-state index in [1.807, 2.05) is 26.4 Å². The van der Waals surface area contributed by atoms with Gasteiger partial charge >= 0.3 is 0 Å². The molecule has 2 heterocycles. The van der Waals surface area contributed by atoms with Gasteiger partial charge in [0.05, 0.1) is 12.3 Å². The van der Waals surface area contributed by atoms with Crippen LogP contribution in [0.25, 0.3) is 0 Å². The molecule has 24 heavy (non-hydrogen) atoms. The zero-order valence-electron chi connectivity index (χ0n) is 14.4. The van der Waals surface area contributed by atoms with Crippen molar-refractivity contribution >= 4 is 5.91 Å². The second-order valence-electron chi connectivity index (χ2n) is 6.93. The third kappa shape index (κ3) is 4.13. The standard InChI is InChI=1S/C17H27FN4O2/c1-3-24-16-4-13(5-16)17(23)19-8-15-6-14(18)11-22(15)10-12-7-20-21(2)9-12/h7,9,13-16H,3-6,8,10-11H2,1-2H3,(H,19,23)/t13?,14-,15-,16?/m0/s1. The molecule has 6 nitrogen and oxygen atoms in total. The summed E-state index contributed by atoms with van der Waals surface area (Å²) in [6.45, 7) is 4.27. The summed E-state index contributed by atoms with van der Waals surface area (Å²) in [6, 6.07) is 0.0481. The molecule has 134 valence electrons. The first-order chi connectivity index (χ1) is 11.5. The summed E-state index contributed by atoms with van der Waals surface area (Å²) in [5.41, 5.74) is 1.07. The van der Waals surface area contributed by atoms with E-state index in [4.69, 9.17) is 4.74 Å². The monoisotopic (exact) mass is 338 g/mol. The molecule has 1 amide bonds. The van der Waals surface area contributed by atoms with E-state index in [0.29, 0.717) is 32.7 Å². The normalized spacial score (nSPS) is 30.3. The Bertz CT molecular complexity index is 559. The van der Waals surface area contributed by atoms with Crippen molar-refractivity contribution in [2.75, 3.05) is 19.7 Å². The van der Waals surface area contributed by atoms with Crippen LogP contribution in [0.2, 0.25) is 0 Å². The van der Waals surface area contributed by atoms with Gasteiger partial charge in [-0.3, -0.25) is 14.4 Å². The third-order valence-electron chi connectivity index (χ3n) is 5.00. The van der Waals surface area contributed by atoms with E-state index in [0.717, 1.165) is 18.4 Å². The molecule has 2 aliphatic rings. The smallest absolute Gasteiger partial charge is 0.223 e. The Balaban J connectivity index is 1.45. The number of hydrogen-bond acceptors (Lipinski definition) is 4. The van der Waals surface area contributed by atoms with E-state index >= 15 is 0 Å². The molecule has 0 spiro atoms. The molecule has 0 aromatic carbocycles. The van der Waals surface area contributed by atoms with Crippen LogP contribution in [0.1, 0.15) is 31.7 Å². The third-order valence-corrected chi connectivity index (χ3v) is 5.00. The van der Waals surface area contributed by atoms with Crippen LogP contribution in [0.4, 0.5) is 4.39 Å². The summed E-state index contributed by atoms with van der Waals surface area (Å²) in [5.74, 6) is 0.130. The number of likely N-dealkylation sites (tertiary alicyclic amines) is 1. The van der Waals surface area contributed by atoms with Crippen molar-refractivity contribution in [3.05, 3.63) is 18.0 Å². The van der Waals surface area contributed by atoms with Gasteiger partial charge in [0.25, 0.3) is 0 Å². The summed E-state index contributed by atoms with van der Waals surface area (Å²) < 4.78 is 21.1. The van der Waals surface area contributed by atoms with Crippen LogP contribution in [0.3, 0.4) is 0 Å². The van der Waals surface area contributed by atoms with Crippen LogP contribution in [0, 0.1) is 5.92 Å². The second-order valence-corrected chi connectivity index (χ2v) is 6.93. The molecule has 3 rings (SSSR count). The predicted molar refractivity (Wildman–Crippen MR) is 88.1 cm³/mol. The van der Waals surface area contributed by atoms with Crippen molar-refractivity contribution in [3.8, 4) is 0 Å². The largest absolute Gasteiger partial charge is 0.378 e. The first kappa shape index (κ1) is 17.4. The van der Waals surface area contributed by atoms with E-state index in [9.17, 15) is 9.18 Å². The lowest BCUT2D eigenvalue weighted by molar-refractivity contribution is -0.133. The first-order valence-corrected chi connectivity index (χ1v) is 8.80. The highest BCUT2D eigenvalue weighted by Gasteiger charge is 2.36. The highest BCUT2D eigenvalue weighted by Crippen LogP contribution is 2.30. The molecule has 1 aromatic rings. The van der Waals surface area contributed by atoms with Gasteiger partial charge in [0, 0.05) is 57.0 Å². The summed E-state index contributed by atoms with van der Waals surface area (Å²) in [6.07, 6.45) is 5.24. The lowest BCUT2D eigenvalue weighted by Crippen LogP contribution is -2.46. The number of aromatic nitrogens is 2. The average molecular weight is 338 g/mol. The maximum Gasteiger partial charge on any atom is 0.223 e. The number of alkyl halides is 1. The van der Waals surface area contributed by atoms with E-state index in [1.165, 1.54) is 0 Å². The molecule has 1 aliphatic carbocycles. The maximum absolute atomic E-state index is 13.8. The fraction of sp³-hybridized carbons (Fsp3) is 0.765. The molecule has 2 atom stereocenters. The molecule has 1 saturated carbocycles. The van der Waals surface area contributed by atoms with Gasteiger partial charge in [-0.15, -0.1) is 0 Å². The van der Waals surface area contributed by atoms with Gasteiger partial charge in [-0.25, -0.2) is 4.39 Å². The molecular weight excluding hydrogens is 311 g/mol. The number of carbonyl (C=O) groups excluding carboxylic acids is 1. The van der Waals surface area contributed by atoms with Gasteiger partial charge in [-0.2, -0.15) is 5.10 Å². The Morgan fingerprint density at radius 2 is 2.25 bits per heavy atom. The SMILES string of the molecule is CCOC1CC(C(=O)NC[C@@H]2C[C@H](F)CN2Cc2cnn(C)c2)C1. The fourth-order valence-electron chi connectivity index (χ4n) is 3.63. The van der Waals surface area contributed by atoms with Gasteiger partial charge < -0.3 is 10.1 Å². The molecule has 0 radical (unpaired) electrons. The number of rotatable bonds is 7. The molecule has 1 saturated heterocycles. The van der Waals surface area contributed by atoms with E-state index in [-0.39, 0.29) is 24.0 Å². The van der Waals surface area contributed by atoms with E-state index < -0.39 is 6.17 Å². The lowest BCUT2D eigenvalue weighted by atomic mass is 9.81. The number of carbonyl (C=O) groups is 1. The van der Waals surface area contributed by atoms with Crippen LogP contribution in [0.5, 0.6) is 0 Å². The van der Waals surface area contributed by atoms with E-state index in [1.54, 1.807) is 4.68 Å². The van der Waals surface area contributed by atoms with Crippen molar-refractivity contribution in [2.24, 2.45) is 13.0 Å². The second kappa shape index (κ2) is 7.61. The van der Waals surface area contributed by atoms with Crippen molar-refractivity contribution in [1.29, 1.82) is 0 Å². The van der Waals surface area contributed by atoms with Crippen LogP contribution in [0.15, 0.2) is 12.4 Å². The number of nitrogens with zero attached hydrogens (tertiary/aromatic N) is 3. The summed E-state index contributed by atoms with van der Waals surface area (Å²) in [4.78, 5) is 14.3. The summed E-state index contributed by atoms with van der Waals surface area (Å²) >= 11 is 0. The quantitative estimate of drug-likeness (QED) is 0.813.